The van der Waals surface area contributed by atoms with Gasteiger partial charge in [0.15, 0.2) is 0 Å². The van der Waals surface area contributed by atoms with Crippen molar-refractivity contribution in [1.29, 1.82) is 0 Å². The molecule has 2 heterocycles. The maximum atomic E-state index is 12.7. The molecule has 19 heavy (non-hydrogen) atoms. The highest BCUT2D eigenvalue weighted by Gasteiger charge is 2.30. The topological polar surface area (TPSA) is 46.1 Å². The van der Waals surface area contributed by atoms with Gasteiger partial charge in [-0.15, -0.1) is 5.10 Å². The third-order valence-corrected chi connectivity index (χ3v) is 4.40. The second-order valence-electron chi connectivity index (χ2n) is 4.88. The number of para-hydroxylation sites is 1. The molecule has 1 aromatic carbocycles. The molecule has 0 unspecified atom stereocenters. The highest BCUT2D eigenvalue weighted by Crippen LogP contribution is 2.32. The van der Waals surface area contributed by atoms with Gasteiger partial charge >= 0.3 is 0 Å². The van der Waals surface area contributed by atoms with Gasteiger partial charge in [0.1, 0.15) is 4.88 Å². The van der Waals surface area contributed by atoms with Crippen molar-refractivity contribution in [3.05, 3.63) is 40.4 Å². The van der Waals surface area contributed by atoms with Crippen molar-refractivity contribution in [3.8, 4) is 0 Å². The van der Waals surface area contributed by atoms with E-state index >= 15 is 0 Å². The summed E-state index contributed by atoms with van der Waals surface area (Å²) < 4.78 is 3.86. The lowest BCUT2D eigenvalue weighted by Crippen LogP contribution is -2.42. The highest BCUT2D eigenvalue weighted by atomic mass is 32.1. The maximum Gasteiger partial charge on any atom is 0.272 e. The Balaban J connectivity index is 2.05. The molecule has 0 fully saturated rings. The first-order chi connectivity index (χ1) is 9.18. The largest absolute Gasteiger partial charge is 0.304 e. The Morgan fingerprint density at radius 1 is 1.42 bits per heavy atom. The number of hydrogen-bond acceptors (Lipinski definition) is 4. The first-order valence-electron chi connectivity index (χ1n) is 6.39. The summed E-state index contributed by atoms with van der Waals surface area (Å²) in [4.78, 5) is 15.2. The van der Waals surface area contributed by atoms with Crippen LogP contribution < -0.4 is 4.90 Å². The van der Waals surface area contributed by atoms with Gasteiger partial charge in [-0.3, -0.25) is 4.79 Å². The molecule has 0 aliphatic carbocycles. The summed E-state index contributed by atoms with van der Waals surface area (Å²) >= 11 is 1.18. The number of fused-ring (bicyclic) bond motifs is 1. The van der Waals surface area contributed by atoms with E-state index in [1.165, 1.54) is 17.1 Å². The van der Waals surface area contributed by atoms with E-state index in [9.17, 15) is 4.79 Å². The van der Waals surface area contributed by atoms with E-state index in [4.69, 9.17) is 0 Å². The molecule has 0 saturated heterocycles. The summed E-state index contributed by atoms with van der Waals surface area (Å²) in [5.41, 5.74) is 2.98. The van der Waals surface area contributed by atoms with Crippen LogP contribution in [0.3, 0.4) is 0 Å². The van der Waals surface area contributed by atoms with Gasteiger partial charge in [-0.2, -0.15) is 0 Å². The standard InChI is InChI=1S/C14H15N3OS/c1-9-7-8-11-5-3-4-6-12(11)17(9)14(18)13-10(2)15-16-19-13/h3-6,9H,7-8H2,1-2H3/t9-/m0/s1. The first kappa shape index (κ1) is 12.3. The van der Waals surface area contributed by atoms with Gasteiger partial charge in [-0.1, -0.05) is 22.7 Å². The Morgan fingerprint density at radius 2 is 2.21 bits per heavy atom. The minimum absolute atomic E-state index is 0.0205. The second kappa shape index (κ2) is 4.74. The molecule has 1 atom stereocenters. The third-order valence-electron chi connectivity index (χ3n) is 3.59. The minimum Gasteiger partial charge on any atom is -0.304 e. The van der Waals surface area contributed by atoms with Crippen LogP contribution in [-0.4, -0.2) is 21.5 Å². The fraction of sp³-hybridized carbons (Fsp3) is 0.357. The van der Waals surface area contributed by atoms with Gasteiger partial charge in [-0.25, -0.2) is 0 Å². The van der Waals surface area contributed by atoms with Crippen molar-refractivity contribution >= 4 is 23.1 Å². The molecule has 1 aliphatic rings. The molecule has 98 valence electrons. The number of carbonyl (C=O) groups is 1. The fourth-order valence-electron chi connectivity index (χ4n) is 2.53. The summed E-state index contributed by atoms with van der Waals surface area (Å²) in [6, 6.07) is 8.33. The van der Waals surface area contributed by atoms with Gasteiger partial charge in [0, 0.05) is 11.7 Å². The minimum atomic E-state index is 0.0205. The molecular weight excluding hydrogens is 258 g/mol. The van der Waals surface area contributed by atoms with Crippen LogP contribution in [0.15, 0.2) is 24.3 Å². The van der Waals surface area contributed by atoms with Crippen molar-refractivity contribution in [2.75, 3.05) is 4.90 Å². The Kier molecular flexibility index (Phi) is 3.06. The summed E-state index contributed by atoms with van der Waals surface area (Å²) in [5.74, 6) is 0.0205. The molecule has 0 N–H and O–H groups in total. The normalized spacial score (nSPS) is 18.2. The molecule has 0 radical (unpaired) electrons. The number of nitrogens with zero attached hydrogens (tertiary/aromatic N) is 3. The highest BCUT2D eigenvalue weighted by molar-refractivity contribution is 7.08. The zero-order chi connectivity index (χ0) is 13.4. The van der Waals surface area contributed by atoms with Crippen LogP contribution in [0.1, 0.15) is 34.3 Å². The molecule has 4 nitrogen and oxygen atoms in total. The van der Waals surface area contributed by atoms with E-state index in [0.717, 1.165) is 18.5 Å². The Hall–Kier alpha value is -1.75. The average molecular weight is 273 g/mol. The van der Waals surface area contributed by atoms with Gasteiger partial charge < -0.3 is 4.90 Å². The number of amides is 1. The summed E-state index contributed by atoms with van der Waals surface area (Å²) in [6.07, 6.45) is 2.02. The van der Waals surface area contributed by atoms with Crippen molar-refractivity contribution in [2.45, 2.75) is 32.7 Å². The summed E-state index contributed by atoms with van der Waals surface area (Å²) in [7, 11) is 0. The lowest BCUT2D eigenvalue weighted by Gasteiger charge is -2.35. The average Bonchev–Trinajstić information content (AvgIpc) is 2.84. The van der Waals surface area contributed by atoms with E-state index in [0.29, 0.717) is 10.6 Å². The number of aromatic nitrogens is 2. The van der Waals surface area contributed by atoms with Gasteiger partial charge in [0.25, 0.3) is 5.91 Å². The molecule has 1 aliphatic heterocycles. The molecule has 5 heteroatoms. The Morgan fingerprint density at radius 3 is 2.95 bits per heavy atom. The predicted octanol–water partition coefficient (Wildman–Crippen LogP) is 2.83. The summed E-state index contributed by atoms with van der Waals surface area (Å²) in [6.45, 7) is 3.93. The summed E-state index contributed by atoms with van der Waals surface area (Å²) in [5, 5.41) is 3.93. The Labute approximate surface area is 116 Å². The van der Waals surface area contributed by atoms with E-state index in [-0.39, 0.29) is 11.9 Å². The number of aryl methyl sites for hydroxylation is 2. The molecular formula is C14H15N3OS. The molecule has 0 spiro atoms. The zero-order valence-corrected chi connectivity index (χ0v) is 11.8. The number of hydrogen-bond donors (Lipinski definition) is 0. The van der Waals surface area contributed by atoms with Crippen LogP contribution in [0.25, 0.3) is 0 Å². The second-order valence-corrected chi connectivity index (χ2v) is 5.63. The SMILES string of the molecule is Cc1nnsc1C(=O)N1c2ccccc2CC[C@@H]1C. The zero-order valence-electron chi connectivity index (χ0n) is 11.0. The number of carbonyl (C=O) groups excluding carboxylic acids is 1. The van der Waals surface area contributed by atoms with Crippen molar-refractivity contribution in [2.24, 2.45) is 0 Å². The predicted molar refractivity (Wildman–Crippen MR) is 75.7 cm³/mol. The van der Waals surface area contributed by atoms with E-state index in [2.05, 4.69) is 22.6 Å². The lowest BCUT2D eigenvalue weighted by atomic mass is 9.96. The molecule has 2 aromatic rings. The number of rotatable bonds is 1. The van der Waals surface area contributed by atoms with Crippen molar-refractivity contribution in [1.82, 2.24) is 9.59 Å². The molecule has 1 aromatic heterocycles. The fourth-order valence-corrected chi connectivity index (χ4v) is 3.13. The van der Waals surface area contributed by atoms with E-state index in [1.54, 1.807) is 0 Å². The molecule has 1 amide bonds. The van der Waals surface area contributed by atoms with Crippen molar-refractivity contribution < 1.29 is 4.79 Å². The molecule has 3 rings (SSSR count). The van der Waals surface area contributed by atoms with Gasteiger partial charge in [-0.05, 0) is 49.9 Å². The number of anilines is 1. The van der Waals surface area contributed by atoms with Crippen LogP contribution in [-0.2, 0) is 6.42 Å². The molecule has 0 saturated carbocycles. The van der Waals surface area contributed by atoms with Crippen LogP contribution in [0.5, 0.6) is 0 Å². The van der Waals surface area contributed by atoms with Crippen LogP contribution in [0.2, 0.25) is 0 Å². The Bertz CT molecular complexity index is 623. The molecule has 0 bridgehead atoms. The smallest absolute Gasteiger partial charge is 0.272 e. The maximum absolute atomic E-state index is 12.7. The van der Waals surface area contributed by atoms with Crippen LogP contribution in [0.4, 0.5) is 5.69 Å². The van der Waals surface area contributed by atoms with Crippen molar-refractivity contribution in [3.63, 3.8) is 0 Å². The first-order valence-corrected chi connectivity index (χ1v) is 7.16. The third kappa shape index (κ3) is 2.04. The van der Waals surface area contributed by atoms with E-state index in [1.807, 2.05) is 30.0 Å². The lowest BCUT2D eigenvalue weighted by molar-refractivity contribution is 0.0978. The van der Waals surface area contributed by atoms with Crippen LogP contribution >= 0.6 is 11.5 Å². The van der Waals surface area contributed by atoms with E-state index < -0.39 is 0 Å². The quantitative estimate of drug-likeness (QED) is 0.802. The number of benzene rings is 1. The van der Waals surface area contributed by atoms with Crippen LogP contribution in [0, 0.1) is 6.92 Å². The van der Waals surface area contributed by atoms with Gasteiger partial charge in [0.2, 0.25) is 0 Å². The van der Waals surface area contributed by atoms with Gasteiger partial charge in [0.05, 0.1) is 5.69 Å². The monoisotopic (exact) mass is 273 g/mol.